The van der Waals surface area contributed by atoms with Gasteiger partial charge >= 0.3 is 11.7 Å². The Morgan fingerprint density at radius 2 is 2.09 bits per heavy atom. The molecule has 1 amide bonds. The predicted molar refractivity (Wildman–Crippen MR) is 73.1 cm³/mol. The summed E-state index contributed by atoms with van der Waals surface area (Å²) < 4.78 is 1.22. The van der Waals surface area contributed by atoms with Crippen LogP contribution in [0.2, 0.25) is 0 Å². The van der Waals surface area contributed by atoms with Gasteiger partial charge in [-0.25, -0.2) is 0 Å². The molecule has 1 aliphatic carbocycles. The number of likely N-dealkylation sites (tertiary alicyclic amines) is 1. The molecule has 2 atom stereocenters. The van der Waals surface area contributed by atoms with E-state index in [4.69, 9.17) is 0 Å². The third-order valence-corrected chi connectivity index (χ3v) is 4.41. The van der Waals surface area contributed by atoms with Crippen LogP contribution in [0.25, 0.3) is 0 Å². The number of carbonyl (C=O) groups excluding carboxylic acids is 1. The maximum Gasteiger partial charge on any atom is 0.320 e. The van der Waals surface area contributed by atoms with Gasteiger partial charge in [0.15, 0.2) is 0 Å². The Hall–Kier alpha value is -2.45. The van der Waals surface area contributed by atoms with E-state index in [0.29, 0.717) is 12.5 Å². The molecule has 1 N–H and O–H groups in total. The van der Waals surface area contributed by atoms with Gasteiger partial charge in [-0.1, -0.05) is 0 Å². The molecule has 22 heavy (non-hydrogen) atoms. The third kappa shape index (κ3) is 2.42. The summed E-state index contributed by atoms with van der Waals surface area (Å²) in [5, 5.41) is 24.2. The number of nitro groups is 1. The van der Waals surface area contributed by atoms with E-state index in [-0.39, 0.29) is 23.8 Å². The molecule has 0 bridgehead atoms. The first-order valence-electron chi connectivity index (χ1n) is 7.08. The second-order valence-corrected chi connectivity index (χ2v) is 5.95. The van der Waals surface area contributed by atoms with Crippen molar-refractivity contribution in [2.24, 2.45) is 24.8 Å². The van der Waals surface area contributed by atoms with E-state index in [9.17, 15) is 24.8 Å². The van der Waals surface area contributed by atoms with Crippen LogP contribution in [0.15, 0.2) is 6.20 Å². The molecule has 0 aromatic carbocycles. The first-order chi connectivity index (χ1) is 10.4. The van der Waals surface area contributed by atoms with Gasteiger partial charge in [-0.15, -0.1) is 0 Å². The number of aliphatic carboxylic acids is 1. The number of carboxylic acid groups (broad SMARTS) is 1. The van der Waals surface area contributed by atoms with Crippen molar-refractivity contribution >= 4 is 17.6 Å². The van der Waals surface area contributed by atoms with Gasteiger partial charge < -0.3 is 10.0 Å². The molecule has 118 valence electrons. The molecular weight excluding hydrogens is 292 g/mol. The van der Waals surface area contributed by atoms with Crippen molar-refractivity contribution in [3.63, 3.8) is 0 Å². The Labute approximate surface area is 125 Å². The third-order valence-electron chi connectivity index (χ3n) is 4.41. The van der Waals surface area contributed by atoms with Crippen LogP contribution in [0.1, 0.15) is 23.3 Å². The highest BCUT2D eigenvalue weighted by atomic mass is 16.6. The van der Waals surface area contributed by atoms with Crippen LogP contribution in [-0.2, 0) is 11.8 Å². The monoisotopic (exact) mass is 308 g/mol. The van der Waals surface area contributed by atoms with Crippen molar-refractivity contribution in [2.75, 3.05) is 13.1 Å². The molecule has 1 saturated heterocycles. The zero-order valence-electron chi connectivity index (χ0n) is 12.0. The fourth-order valence-electron chi connectivity index (χ4n) is 3.17. The van der Waals surface area contributed by atoms with Crippen LogP contribution in [0.3, 0.4) is 0 Å². The number of carbonyl (C=O) groups is 2. The lowest BCUT2D eigenvalue weighted by molar-refractivity contribution is -0.385. The lowest BCUT2D eigenvalue weighted by Gasteiger charge is -2.14. The van der Waals surface area contributed by atoms with Crippen molar-refractivity contribution < 1.29 is 19.6 Å². The fourth-order valence-corrected chi connectivity index (χ4v) is 3.17. The van der Waals surface area contributed by atoms with Gasteiger partial charge in [-0.3, -0.25) is 24.4 Å². The summed E-state index contributed by atoms with van der Waals surface area (Å²) >= 11 is 0. The summed E-state index contributed by atoms with van der Waals surface area (Å²) in [6.45, 7) is 0.414. The standard InChI is InChI=1S/C13H16N4O5/c1-15-6-10(17(21)22)11(14-15)12(18)16-4-8(7-2-3-7)9(5-16)13(19)20/h6-9H,2-5H2,1H3,(H,19,20)/t8-,9+/m1/s1. The highest BCUT2D eigenvalue weighted by Crippen LogP contribution is 2.44. The van der Waals surface area contributed by atoms with Crippen molar-refractivity contribution in [3.05, 3.63) is 22.0 Å². The SMILES string of the molecule is Cn1cc([N+](=O)[O-])c(C(=O)N2C[C@H](C(=O)O)[C@@H](C3CC3)C2)n1. The van der Waals surface area contributed by atoms with Crippen molar-refractivity contribution in [3.8, 4) is 0 Å². The normalized spacial score (nSPS) is 24.5. The van der Waals surface area contributed by atoms with Gasteiger partial charge in [0.2, 0.25) is 5.69 Å². The zero-order chi connectivity index (χ0) is 16.0. The number of nitrogens with zero attached hydrogens (tertiary/aromatic N) is 4. The minimum Gasteiger partial charge on any atom is -0.481 e. The molecule has 1 saturated carbocycles. The molecular formula is C13H16N4O5. The van der Waals surface area contributed by atoms with Crippen LogP contribution in [0.5, 0.6) is 0 Å². The predicted octanol–water partition coefficient (Wildman–Crippen LogP) is 0.511. The Balaban J connectivity index is 1.84. The molecule has 3 rings (SSSR count). The average Bonchev–Trinajstić information content (AvgIpc) is 3.06. The molecule has 1 aromatic rings. The molecule has 1 aromatic heterocycles. The summed E-state index contributed by atoms with van der Waals surface area (Å²) in [5.41, 5.74) is -0.581. The Bertz CT molecular complexity index is 651. The fraction of sp³-hybridized carbons (Fsp3) is 0.615. The van der Waals surface area contributed by atoms with Gasteiger partial charge in [-0.2, -0.15) is 5.10 Å². The van der Waals surface area contributed by atoms with E-state index in [1.165, 1.54) is 22.8 Å². The summed E-state index contributed by atoms with van der Waals surface area (Å²) in [7, 11) is 1.50. The van der Waals surface area contributed by atoms with Crippen molar-refractivity contribution in [1.29, 1.82) is 0 Å². The number of aromatic nitrogens is 2. The van der Waals surface area contributed by atoms with E-state index in [2.05, 4.69) is 5.10 Å². The Kier molecular flexibility index (Phi) is 3.34. The van der Waals surface area contributed by atoms with E-state index < -0.39 is 22.7 Å². The van der Waals surface area contributed by atoms with E-state index in [1.807, 2.05) is 0 Å². The maximum absolute atomic E-state index is 12.5. The minimum atomic E-state index is -0.914. The number of amides is 1. The molecule has 0 radical (unpaired) electrons. The highest BCUT2D eigenvalue weighted by Gasteiger charge is 2.47. The molecule has 1 aliphatic heterocycles. The summed E-state index contributed by atoms with van der Waals surface area (Å²) in [4.78, 5) is 35.6. The van der Waals surface area contributed by atoms with Gasteiger partial charge in [0.25, 0.3) is 5.91 Å². The summed E-state index contributed by atoms with van der Waals surface area (Å²) in [6, 6.07) is 0. The van der Waals surface area contributed by atoms with E-state index in [1.54, 1.807) is 0 Å². The summed E-state index contributed by atoms with van der Waals surface area (Å²) in [5.74, 6) is -1.80. The number of rotatable bonds is 4. The second kappa shape index (κ2) is 5.08. The van der Waals surface area contributed by atoms with Gasteiger partial charge in [-0.05, 0) is 24.7 Å². The first kappa shape index (κ1) is 14.5. The van der Waals surface area contributed by atoms with Crippen LogP contribution in [-0.4, -0.2) is 49.7 Å². The molecule has 0 spiro atoms. The smallest absolute Gasteiger partial charge is 0.320 e. The van der Waals surface area contributed by atoms with Crippen LogP contribution in [0, 0.1) is 27.9 Å². The lowest BCUT2D eigenvalue weighted by atomic mass is 9.92. The number of hydrogen-bond donors (Lipinski definition) is 1. The molecule has 9 nitrogen and oxygen atoms in total. The first-order valence-corrected chi connectivity index (χ1v) is 7.08. The van der Waals surface area contributed by atoms with Crippen LogP contribution in [0.4, 0.5) is 5.69 Å². The zero-order valence-corrected chi connectivity index (χ0v) is 12.0. The maximum atomic E-state index is 12.5. The topological polar surface area (TPSA) is 119 Å². The highest BCUT2D eigenvalue weighted by molar-refractivity contribution is 5.96. The quantitative estimate of drug-likeness (QED) is 0.639. The van der Waals surface area contributed by atoms with E-state index in [0.717, 1.165) is 12.8 Å². The Morgan fingerprint density at radius 3 is 2.64 bits per heavy atom. The van der Waals surface area contributed by atoms with E-state index >= 15 is 0 Å². The Morgan fingerprint density at radius 1 is 1.41 bits per heavy atom. The summed E-state index contributed by atoms with van der Waals surface area (Å²) in [6.07, 6.45) is 3.15. The molecule has 0 unspecified atom stereocenters. The molecule has 9 heteroatoms. The molecule has 2 heterocycles. The number of aryl methyl sites for hydroxylation is 1. The molecule has 2 fully saturated rings. The lowest BCUT2D eigenvalue weighted by Crippen LogP contribution is -2.30. The minimum absolute atomic E-state index is 0.0655. The second-order valence-electron chi connectivity index (χ2n) is 5.95. The average molecular weight is 308 g/mol. The van der Waals surface area contributed by atoms with Crippen LogP contribution >= 0.6 is 0 Å². The van der Waals surface area contributed by atoms with Crippen molar-refractivity contribution in [1.82, 2.24) is 14.7 Å². The van der Waals surface area contributed by atoms with Gasteiger partial charge in [0.1, 0.15) is 6.20 Å². The molecule has 2 aliphatic rings. The number of carboxylic acids is 1. The number of hydrogen-bond acceptors (Lipinski definition) is 5. The van der Waals surface area contributed by atoms with Gasteiger partial charge in [0.05, 0.1) is 10.8 Å². The van der Waals surface area contributed by atoms with Gasteiger partial charge in [0, 0.05) is 20.1 Å². The van der Waals surface area contributed by atoms with Crippen LogP contribution < -0.4 is 0 Å². The largest absolute Gasteiger partial charge is 0.481 e. The van der Waals surface area contributed by atoms with Crippen molar-refractivity contribution in [2.45, 2.75) is 12.8 Å².